The van der Waals surface area contributed by atoms with Crippen LogP contribution < -0.4 is 5.11 Å². The Bertz CT molecular complexity index is 182. The Hall–Kier alpha value is -0.900. The van der Waals surface area contributed by atoms with Gasteiger partial charge in [0.05, 0.1) is 16.7 Å². The molecule has 0 N–H and O–H groups in total. The van der Waals surface area contributed by atoms with Crippen molar-refractivity contribution in [3.63, 3.8) is 0 Å². The molecule has 1 rings (SSSR count). The van der Waals surface area contributed by atoms with Crippen LogP contribution in [0.25, 0.3) is 0 Å². The molecular weight excluding hydrogens is 126 g/mol. The predicted molar refractivity (Wildman–Crippen MR) is 27.5 cm³/mol. The molecular formula is C4H3NO2S. The lowest BCUT2D eigenvalue weighted by Crippen LogP contribution is -2.15. The van der Waals surface area contributed by atoms with E-state index in [4.69, 9.17) is 0 Å². The predicted octanol–water partition coefficient (Wildman–Crippen LogP) is 0.0221. The topological polar surface area (TPSA) is 53.0 Å². The molecule has 3 nitrogen and oxygen atoms in total. The molecule has 0 aliphatic rings. The number of hydrogen-bond donors (Lipinski definition) is 0. The number of nitrogens with zero attached hydrogens (tertiary/aromatic N) is 1. The van der Waals surface area contributed by atoms with Crippen molar-refractivity contribution >= 4 is 15.8 Å². The molecule has 4 heteroatoms. The first-order valence-electron chi connectivity index (χ1n) is 1.93. The highest BCUT2D eigenvalue weighted by molar-refractivity contribution is 7.47. The van der Waals surface area contributed by atoms with Crippen LogP contribution >= 0.6 is 10.5 Å². The number of carbonyl (C=O) groups is 1. The molecule has 0 bridgehead atoms. The molecule has 0 aliphatic carbocycles. The van der Waals surface area contributed by atoms with Gasteiger partial charge in [0.1, 0.15) is 0 Å². The van der Waals surface area contributed by atoms with Gasteiger partial charge in [0.25, 0.3) is 0 Å². The number of hydrogen-bond acceptors (Lipinski definition) is 3. The molecule has 8 heavy (non-hydrogen) atoms. The molecule has 1 atom stereocenters. The lowest BCUT2D eigenvalue weighted by Gasteiger charge is -1.79. The fourth-order valence-electron chi connectivity index (χ4n) is 0.335. The first-order chi connectivity index (χ1) is 3.80. The van der Waals surface area contributed by atoms with Crippen molar-refractivity contribution in [2.75, 3.05) is 0 Å². The zero-order chi connectivity index (χ0) is 5.98. The van der Waals surface area contributed by atoms with E-state index in [1.807, 2.05) is 0 Å². The van der Waals surface area contributed by atoms with E-state index in [0.717, 1.165) is 0 Å². The van der Waals surface area contributed by atoms with E-state index in [1.54, 1.807) is 0 Å². The zero-order valence-corrected chi connectivity index (χ0v) is 4.72. The van der Waals surface area contributed by atoms with Gasteiger partial charge in [0.2, 0.25) is 5.51 Å². The first kappa shape index (κ1) is 5.24. The maximum atomic E-state index is 9.96. The fourth-order valence-corrected chi connectivity index (χ4v) is 1.01. The van der Waals surface area contributed by atoms with Gasteiger partial charge >= 0.3 is 5.30 Å². The third kappa shape index (κ3) is 0.840. The highest BCUT2D eigenvalue weighted by Crippen LogP contribution is 2.11. The summed E-state index contributed by atoms with van der Waals surface area (Å²) in [5.74, 6) is 0. The van der Waals surface area contributed by atoms with Crippen LogP contribution in [0.3, 0.4) is 0 Å². The van der Waals surface area contributed by atoms with Gasteiger partial charge < -0.3 is 9.90 Å². The standard InChI is InChI=1S/C4H3NO2S/c6-4(7)8-2-1-5-3-8/h1-3H. The van der Waals surface area contributed by atoms with Gasteiger partial charge in [-0.2, -0.15) is 0 Å². The number of carbonyl (C=O) groups excluding carboxylic acids is 1. The Morgan fingerprint density at radius 2 is 2.50 bits per heavy atom. The smallest absolute Gasteiger partial charge is 0.302 e. The van der Waals surface area contributed by atoms with Crippen molar-refractivity contribution in [1.29, 1.82) is 0 Å². The minimum absolute atomic E-state index is 0.846. The molecule has 0 saturated heterocycles. The van der Waals surface area contributed by atoms with Gasteiger partial charge in [-0.15, -0.1) is 0 Å². The number of aromatic nitrogens is 1. The monoisotopic (exact) mass is 129 g/mol. The molecule has 1 aromatic rings. The molecule has 1 heterocycles. The Balaban J connectivity index is 2.93. The third-order valence-electron chi connectivity index (χ3n) is 0.660. The van der Waals surface area contributed by atoms with Crippen LogP contribution in [0, 0.1) is 0 Å². The zero-order valence-electron chi connectivity index (χ0n) is 3.90. The summed E-state index contributed by atoms with van der Waals surface area (Å²) >= 11 is 0. The Morgan fingerprint density at radius 1 is 1.75 bits per heavy atom. The average molecular weight is 129 g/mol. The lowest BCUT2D eigenvalue weighted by atomic mass is 11.0. The van der Waals surface area contributed by atoms with Crippen molar-refractivity contribution in [2.24, 2.45) is 0 Å². The summed E-state index contributed by atoms with van der Waals surface area (Å²) < 4.78 is 0. The maximum Gasteiger partial charge on any atom is 0.302 e. The fraction of sp³-hybridized carbons (Fsp3) is 0. The lowest BCUT2D eigenvalue weighted by molar-refractivity contribution is -0.233. The van der Waals surface area contributed by atoms with Gasteiger partial charge in [0, 0.05) is 0 Å². The van der Waals surface area contributed by atoms with E-state index < -0.39 is 15.8 Å². The van der Waals surface area contributed by atoms with E-state index in [1.165, 1.54) is 17.1 Å². The van der Waals surface area contributed by atoms with Crippen molar-refractivity contribution in [2.45, 2.75) is 0 Å². The minimum atomic E-state index is -1.07. The molecule has 0 aromatic carbocycles. The maximum absolute atomic E-state index is 9.96. The van der Waals surface area contributed by atoms with Crippen molar-refractivity contribution < 1.29 is 9.90 Å². The van der Waals surface area contributed by atoms with Gasteiger partial charge in [-0.1, -0.05) is 0 Å². The second kappa shape index (κ2) is 1.92. The van der Waals surface area contributed by atoms with Crippen LogP contribution in [0.1, 0.15) is 0 Å². The summed E-state index contributed by atoms with van der Waals surface area (Å²) in [6, 6.07) is 0. The second-order valence-corrected chi connectivity index (χ2v) is 2.72. The van der Waals surface area contributed by atoms with Gasteiger partial charge in [-0.05, 0) is 0 Å². The van der Waals surface area contributed by atoms with Gasteiger partial charge in [-0.3, -0.25) is 0 Å². The highest BCUT2D eigenvalue weighted by Gasteiger charge is 2.01. The number of carboxylic acid groups (broad SMARTS) is 1. The Kier molecular flexibility index (Phi) is 1.26. The number of thiazole rings is 1. The van der Waals surface area contributed by atoms with Gasteiger partial charge in [-0.25, -0.2) is 4.98 Å². The molecule has 42 valence electrons. The Labute approximate surface area is 48.6 Å². The largest absolute Gasteiger partial charge is 0.500 e. The minimum Gasteiger partial charge on any atom is -0.500 e. The molecule has 0 amide bonds. The summed E-state index contributed by atoms with van der Waals surface area (Å²) in [5, 5.41) is 10.4. The van der Waals surface area contributed by atoms with Crippen LogP contribution in [0.5, 0.6) is 0 Å². The number of rotatable bonds is 1. The van der Waals surface area contributed by atoms with E-state index in [0.29, 0.717) is 0 Å². The summed E-state index contributed by atoms with van der Waals surface area (Å²) in [6.45, 7) is 0. The molecule has 0 saturated carbocycles. The second-order valence-electron chi connectivity index (χ2n) is 1.16. The van der Waals surface area contributed by atoms with E-state index in [2.05, 4.69) is 4.98 Å². The molecule has 0 radical (unpaired) electrons. The van der Waals surface area contributed by atoms with Crippen molar-refractivity contribution in [3.8, 4) is 0 Å². The van der Waals surface area contributed by atoms with Crippen LogP contribution in [0.15, 0.2) is 17.1 Å². The van der Waals surface area contributed by atoms with Gasteiger partial charge in [0.15, 0.2) is 5.38 Å². The first-order valence-corrected chi connectivity index (χ1v) is 3.28. The van der Waals surface area contributed by atoms with Crippen molar-refractivity contribution in [3.05, 3.63) is 17.1 Å². The summed E-state index contributed by atoms with van der Waals surface area (Å²) in [4.78, 5) is 13.5. The molecule has 1 unspecified atom stereocenters. The summed E-state index contributed by atoms with van der Waals surface area (Å²) in [5.41, 5.74) is 1.36. The highest BCUT2D eigenvalue weighted by atomic mass is 32.2. The Morgan fingerprint density at radius 3 is 2.75 bits per heavy atom. The van der Waals surface area contributed by atoms with E-state index >= 15 is 0 Å². The normalized spacial score (nSPS) is 11.2. The van der Waals surface area contributed by atoms with Crippen LogP contribution in [-0.4, -0.2) is 10.3 Å². The molecule has 1 aromatic heterocycles. The summed E-state index contributed by atoms with van der Waals surface area (Å²) in [6.07, 6.45) is 1.46. The quantitative estimate of drug-likeness (QED) is 0.502. The van der Waals surface area contributed by atoms with Crippen LogP contribution in [0.2, 0.25) is 0 Å². The van der Waals surface area contributed by atoms with Crippen LogP contribution in [0.4, 0.5) is 4.79 Å². The average Bonchev–Trinajstić information content (AvgIpc) is 2.12. The molecule has 0 spiro atoms. The SMILES string of the molecule is O=C([O-])[s+]1ccnc1. The van der Waals surface area contributed by atoms with Crippen LogP contribution in [-0.2, 0) is 0 Å². The molecule has 0 aliphatic heterocycles. The van der Waals surface area contributed by atoms with E-state index in [-0.39, 0.29) is 0 Å². The van der Waals surface area contributed by atoms with Crippen molar-refractivity contribution in [1.82, 2.24) is 4.98 Å². The third-order valence-corrected chi connectivity index (χ3v) is 1.81. The summed E-state index contributed by atoms with van der Waals surface area (Å²) in [7, 11) is -0.846. The van der Waals surface area contributed by atoms with E-state index in [9.17, 15) is 9.90 Å². The molecule has 0 fully saturated rings.